The molecule has 7 nitrogen and oxygen atoms in total. The van der Waals surface area contributed by atoms with E-state index in [0.717, 1.165) is 16.7 Å². The Hall–Kier alpha value is -4.13. The monoisotopic (exact) mass is 486 g/mol. The van der Waals surface area contributed by atoms with Crippen LogP contribution in [0.5, 0.6) is 5.75 Å². The van der Waals surface area contributed by atoms with Crippen LogP contribution in [0, 0.1) is 5.92 Å². The van der Waals surface area contributed by atoms with E-state index in [1.54, 1.807) is 29.2 Å². The first kappa shape index (κ1) is 25.0. The highest BCUT2D eigenvalue weighted by atomic mass is 16.5. The fourth-order valence-electron chi connectivity index (χ4n) is 4.56. The van der Waals surface area contributed by atoms with Gasteiger partial charge in [0.1, 0.15) is 11.8 Å². The van der Waals surface area contributed by atoms with E-state index in [9.17, 15) is 19.5 Å². The van der Waals surface area contributed by atoms with Gasteiger partial charge < -0.3 is 20.1 Å². The van der Waals surface area contributed by atoms with Gasteiger partial charge in [0.15, 0.2) is 0 Å². The van der Waals surface area contributed by atoms with Crippen molar-refractivity contribution in [3.8, 4) is 16.9 Å². The number of ether oxygens (including phenoxy) is 1. The van der Waals surface area contributed by atoms with Crippen molar-refractivity contribution in [2.45, 2.75) is 25.3 Å². The number of carbonyl (C=O) groups is 3. The molecule has 2 amide bonds. The van der Waals surface area contributed by atoms with Crippen molar-refractivity contribution in [2.24, 2.45) is 5.92 Å². The number of para-hydroxylation sites is 1. The number of nitrogens with one attached hydrogen (secondary N) is 1. The largest absolute Gasteiger partial charge is 0.496 e. The zero-order chi connectivity index (χ0) is 25.5. The number of rotatable bonds is 8. The van der Waals surface area contributed by atoms with Crippen LogP contribution in [-0.2, 0) is 16.0 Å². The van der Waals surface area contributed by atoms with Crippen LogP contribution in [0.3, 0.4) is 0 Å². The topological polar surface area (TPSA) is 95.9 Å². The molecular formula is C29H30N2O5. The number of piperidine rings is 1. The van der Waals surface area contributed by atoms with Gasteiger partial charge in [-0.2, -0.15) is 0 Å². The lowest BCUT2D eigenvalue weighted by molar-refractivity contribution is -0.142. The molecule has 186 valence electrons. The second kappa shape index (κ2) is 11.5. The molecule has 0 spiro atoms. The fraction of sp³-hybridized carbons (Fsp3) is 0.276. The first-order chi connectivity index (χ1) is 17.5. The third-order valence-electron chi connectivity index (χ3n) is 6.53. The summed E-state index contributed by atoms with van der Waals surface area (Å²) < 4.78 is 5.31. The van der Waals surface area contributed by atoms with Crippen LogP contribution in [0.2, 0.25) is 0 Å². The lowest BCUT2D eigenvalue weighted by Crippen LogP contribution is -2.50. The number of carboxylic acid groups (broad SMARTS) is 1. The molecule has 3 aromatic carbocycles. The number of hydrogen-bond acceptors (Lipinski definition) is 4. The summed E-state index contributed by atoms with van der Waals surface area (Å²) in [5.41, 5.74) is 3.39. The standard InChI is InChI=1S/C29H30N2O5/c1-36-26-12-6-5-11-24(26)28(33)31-17-7-10-23(19-31)27(32)30-25(29(34)35)18-20-13-15-22(16-14-20)21-8-3-2-4-9-21/h2-6,8-9,11-16,23,25H,7,10,17-19H2,1H3,(H,30,32)(H,34,35)/t23?,25-/m0/s1. The zero-order valence-corrected chi connectivity index (χ0v) is 20.2. The van der Waals surface area contributed by atoms with E-state index < -0.39 is 17.9 Å². The van der Waals surface area contributed by atoms with Crippen LogP contribution in [-0.4, -0.2) is 54.0 Å². The Kier molecular flexibility index (Phi) is 8.00. The van der Waals surface area contributed by atoms with Gasteiger partial charge in [0.2, 0.25) is 5.91 Å². The SMILES string of the molecule is COc1ccccc1C(=O)N1CCCC(C(=O)N[C@@H](Cc2ccc(-c3ccccc3)cc2)C(=O)O)C1. The number of hydrogen-bond donors (Lipinski definition) is 2. The average molecular weight is 487 g/mol. The van der Waals surface area contributed by atoms with Gasteiger partial charge in [-0.25, -0.2) is 4.79 Å². The van der Waals surface area contributed by atoms with Crippen molar-refractivity contribution in [1.29, 1.82) is 0 Å². The van der Waals surface area contributed by atoms with E-state index in [4.69, 9.17) is 4.74 Å². The van der Waals surface area contributed by atoms with Crippen LogP contribution in [0.25, 0.3) is 11.1 Å². The van der Waals surface area contributed by atoms with E-state index in [1.165, 1.54) is 7.11 Å². The van der Waals surface area contributed by atoms with Crippen molar-refractivity contribution in [2.75, 3.05) is 20.2 Å². The summed E-state index contributed by atoms with van der Waals surface area (Å²) in [6.45, 7) is 0.775. The van der Waals surface area contributed by atoms with E-state index in [1.807, 2.05) is 54.6 Å². The Balaban J connectivity index is 1.39. The Morgan fingerprint density at radius 1 is 0.972 bits per heavy atom. The molecule has 4 rings (SSSR count). The number of methoxy groups -OCH3 is 1. The highest BCUT2D eigenvalue weighted by molar-refractivity contribution is 5.97. The molecule has 0 bridgehead atoms. The van der Waals surface area contributed by atoms with Crippen LogP contribution in [0.1, 0.15) is 28.8 Å². The van der Waals surface area contributed by atoms with Gasteiger partial charge in [-0.05, 0) is 41.7 Å². The van der Waals surface area contributed by atoms with E-state index in [-0.39, 0.29) is 24.8 Å². The summed E-state index contributed by atoms with van der Waals surface area (Å²) in [7, 11) is 1.51. The van der Waals surface area contributed by atoms with Crippen LogP contribution in [0.15, 0.2) is 78.9 Å². The summed E-state index contributed by atoms with van der Waals surface area (Å²) in [6.07, 6.45) is 1.43. The number of benzene rings is 3. The molecule has 7 heteroatoms. The van der Waals surface area contributed by atoms with E-state index >= 15 is 0 Å². The summed E-state index contributed by atoms with van der Waals surface area (Å²) in [5.74, 6) is -1.62. The van der Waals surface area contributed by atoms with Crippen LogP contribution >= 0.6 is 0 Å². The molecule has 2 atom stereocenters. The normalized spacial score (nSPS) is 16.1. The second-order valence-electron chi connectivity index (χ2n) is 8.96. The number of aliphatic carboxylic acids is 1. The summed E-state index contributed by atoms with van der Waals surface area (Å²) in [4.78, 5) is 39.7. The number of likely N-dealkylation sites (tertiary alicyclic amines) is 1. The van der Waals surface area contributed by atoms with Gasteiger partial charge in [0.05, 0.1) is 18.6 Å². The molecule has 1 unspecified atom stereocenters. The molecule has 2 N–H and O–H groups in total. The maximum absolute atomic E-state index is 13.1. The molecule has 0 saturated carbocycles. The zero-order valence-electron chi connectivity index (χ0n) is 20.2. The third kappa shape index (κ3) is 5.92. The molecule has 1 aliphatic rings. The number of carboxylic acids is 1. The van der Waals surface area contributed by atoms with Crippen molar-refractivity contribution < 1.29 is 24.2 Å². The van der Waals surface area contributed by atoms with Crippen molar-refractivity contribution in [1.82, 2.24) is 10.2 Å². The lowest BCUT2D eigenvalue weighted by Gasteiger charge is -2.33. The molecule has 0 radical (unpaired) electrons. The maximum atomic E-state index is 13.1. The van der Waals surface area contributed by atoms with Gasteiger partial charge in [0.25, 0.3) is 5.91 Å². The number of amides is 2. The molecule has 0 aromatic heterocycles. The first-order valence-electron chi connectivity index (χ1n) is 12.1. The minimum atomic E-state index is -1.09. The average Bonchev–Trinajstić information content (AvgIpc) is 2.93. The van der Waals surface area contributed by atoms with Gasteiger partial charge in [-0.3, -0.25) is 9.59 Å². The Labute approximate surface area is 210 Å². The van der Waals surface area contributed by atoms with E-state index in [0.29, 0.717) is 30.7 Å². The molecular weight excluding hydrogens is 456 g/mol. The Bertz CT molecular complexity index is 1210. The number of carbonyl (C=O) groups excluding carboxylic acids is 2. The molecule has 1 heterocycles. The predicted molar refractivity (Wildman–Crippen MR) is 137 cm³/mol. The van der Waals surface area contributed by atoms with Gasteiger partial charge in [-0.1, -0.05) is 66.7 Å². The quantitative estimate of drug-likeness (QED) is 0.501. The maximum Gasteiger partial charge on any atom is 0.326 e. The van der Waals surface area contributed by atoms with Gasteiger partial charge in [-0.15, -0.1) is 0 Å². The van der Waals surface area contributed by atoms with Crippen molar-refractivity contribution >= 4 is 17.8 Å². The Morgan fingerprint density at radius 3 is 2.33 bits per heavy atom. The van der Waals surface area contributed by atoms with Crippen molar-refractivity contribution in [3.63, 3.8) is 0 Å². The molecule has 1 fully saturated rings. The second-order valence-corrected chi connectivity index (χ2v) is 8.96. The molecule has 1 aliphatic heterocycles. The molecule has 1 saturated heterocycles. The summed E-state index contributed by atoms with van der Waals surface area (Å²) in [5, 5.41) is 12.5. The first-order valence-corrected chi connectivity index (χ1v) is 12.1. The minimum Gasteiger partial charge on any atom is -0.496 e. The van der Waals surface area contributed by atoms with Crippen LogP contribution < -0.4 is 10.1 Å². The third-order valence-corrected chi connectivity index (χ3v) is 6.53. The summed E-state index contributed by atoms with van der Waals surface area (Å²) in [6, 6.07) is 23.5. The smallest absolute Gasteiger partial charge is 0.326 e. The molecule has 0 aliphatic carbocycles. The van der Waals surface area contributed by atoms with Crippen LogP contribution in [0.4, 0.5) is 0 Å². The number of nitrogens with zero attached hydrogens (tertiary/aromatic N) is 1. The lowest BCUT2D eigenvalue weighted by atomic mass is 9.95. The van der Waals surface area contributed by atoms with Gasteiger partial charge in [0, 0.05) is 19.5 Å². The highest BCUT2D eigenvalue weighted by Crippen LogP contribution is 2.24. The van der Waals surface area contributed by atoms with Gasteiger partial charge >= 0.3 is 5.97 Å². The fourth-order valence-corrected chi connectivity index (χ4v) is 4.56. The Morgan fingerprint density at radius 2 is 1.64 bits per heavy atom. The van der Waals surface area contributed by atoms with E-state index in [2.05, 4.69) is 5.32 Å². The molecule has 3 aromatic rings. The minimum absolute atomic E-state index is 0.173. The highest BCUT2D eigenvalue weighted by Gasteiger charge is 2.32. The molecule has 36 heavy (non-hydrogen) atoms. The predicted octanol–water partition coefficient (Wildman–Crippen LogP) is 4.03. The summed E-state index contributed by atoms with van der Waals surface area (Å²) >= 11 is 0. The van der Waals surface area contributed by atoms with Crippen molar-refractivity contribution in [3.05, 3.63) is 90.0 Å².